The molecule has 5 heteroatoms. The number of aromatic nitrogens is 2. The SMILES string of the molecule is CCCc1cc(=O)[nH]c(Nc2ccc(CN3CCCCC3)cc2)n1. The van der Waals surface area contributed by atoms with E-state index in [0.717, 1.165) is 30.8 Å². The summed E-state index contributed by atoms with van der Waals surface area (Å²) in [4.78, 5) is 21.4. The monoisotopic (exact) mass is 326 g/mol. The van der Waals surface area contributed by atoms with E-state index in [1.165, 1.54) is 37.9 Å². The molecular formula is C19H26N4O. The Balaban J connectivity index is 1.64. The van der Waals surface area contributed by atoms with Crippen LogP contribution in [0.2, 0.25) is 0 Å². The summed E-state index contributed by atoms with van der Waals surface area (Å²) in [5, 5.41) is 3.19. The third-order valence-electron chi connectivity index (χ3n) is 4.37. The van der Waals surface area contributed by atoms with Crippen LogP contribution >= 0.6 is 0 Å². The summed E-state index contributed by atoms with van der Waals surface area (Å²) in [6.07, 6.45) is 5.77. The predicted molar refractivity (Wildman–Crippen MR) is 97.7 cm³/mol. The zero-order valence-electron chi connectivity index (χ0n) is 14.3. The van der Waals surface area contributed by atoms with Crippen molar-refractivity contribution in [1.29, 1.82) is 0 Å². The van der Waals surface area contributed by atoms with Crippen LogP contribution < -0.4 is 10.9 Å². The highest BCUT2D eigenvalue weighted by Crippen LogP contribution is 2.17. The second-order valence-electron chi connectivity index (χ2n) is 6.49. The smallest absolute Gasteiger partial charge is 0.252 e. The van der Waals surface area contributed by atoms with Gasteiger partial charge in [0.2, 0.25) is 5.95 Å². The molecule has 1 saturated heterocycles. The summed E-state index contributed by atoms with van der Waals surface area (Å²) in [5.41, 5.74) is 2.97. The highest BCUT2D eigenvalue weighted by molar-refractivity contribution is 5.53. The second kappa shape index (κ2) is 8.11. The number of nitrogens with one attached hydrogen (secondary N) is 2. The number of rotatable bonds is 6. The molecule has 24 heavy (non-hydrogen) atoms. The van der Waals surface area contributed by atoms with Gasteiger partial charge in [-0.25, -0.2) is 4.98 Å². The van der Waals surface area contributed by atoms with E-state index in [2.05, 4.69) is 39.2 Å². The maximum atomic E-state index is 11.7. The highest BCUT2D eigenvalue weighted by atomic mass is 16.1. The zero-order chi connectivity index (χ0) is 16.8. The highest BCUT2D eigenvalue weighted by Gasteiger charge is 2.10. The van der Waals surface area contributed by atoms with Crippen LogP contribution in [0, 0.1) is 0 Å². The average molecular weight is 326 g/mol. The van der Waals surface area contributed by atoms with E-state index in [-0.39, 0.29) is 5.56 Å². The standard InChI is InChI=1S/C19H26N4O/c1-2-6-17-13-18(24)22-19(21-17)20-16-9-7-15(8-10-16)14-23-11-4-3-5-12-23/h7-10,13H,2-6,11-12,14H2,1H3,(H2,20,21,22,24). The minimum absolute atomic E-state index is 0.113. The van der Waals surface area contributed by atoms with Crippen LogP contribution in [0.25, 0.3) is 0 Å². The van der Waals surface area contributed by atoms with E-state index < -0.39 is 0 Å². The first-order chi connectivity index (χ1) is 11.7. The molecule has 128 valence electrons. The van der Waals surface area contributed by atoms with E-state index in [9.17, 15) is 4.79 Å². The number of anilines is 2. The van der Waals surface area contributed by atoms with Crippen LogP contribution in [-0.4, -0.2) is 28.0 Å². The molecule has 0 saturated carbocycles. The molecule has 1 aromatic carbocycles. The molecule has 1 fully saturated rings. The molecule has 0 spiro atoms. The van der Waals surface area contributed by atoms with Gasteiger partial charge in [0.15, 0.2) is 0 Å². The van der Waals surface area contributed by atoms with Crippen LogP contribution in [0.5, 0.6) is 0 Å². The summed E-state index contributed by atoms with van der Waals surface area (Å²) in [6, 6.07) is 9.95. The van der Waals surface area contributed by atoms with Crippen molar-refractivity contribution in [2.75, 3.05) is 18.4 Å². The van der Waals surface area contributed by atoms with E-state index in [1.54, 1.807) is 6.07 Å². The average Bonchev–Trinajstić information content (AvgIpc) is 2.57. The van der Waals surface area contributed by atoms with Gasteiger partial charge < -0.3 is 5.32 Å². The molecule has 0 unspecified atom stereocenters. The van der Waals surface area contributed by atoms with Gasteiger partial charge in [0, 0.05) is 24.0 Å². The summed E-state index contributed by atoms with van der Waals surface area (Å²) < 4.78 is 0. The number of aryl methyl sites for hydroxylation is 1. The number of nitrogens with zero attached hydrogens (tertiary/aromatic N) is 2. The van der Waals surface area contributed by atoms with Crippen LogP contribution in [-0.2, 0) is 13.0 Å². The Kier molecular flexibility index (Phi) is 5.64. The van der Waals surface area contributed by atoms with E-state index in [0.29, 0.717) is 5.95 Å². The van der Waals surface area contributed by atoms with Gasteiger partial charge in [-0.15, -0.1) is 0 Å². The van der Waals surface area contributed by atoms with Crippen molar-refractivity contribution in [1.82, 2.24) is 14.9 Å². The fourth-order valence-electron chi connectivity index (χ4n) is 3.16. The largest absolute Gasteiger partial charge is 0.326 e. The number of likely N-dealkylation sites (tertiary alicyclic amines) is 1. The molecule has 2 aromatic rings. The quantitative estimate of drug-likeness (QED) is 0.853. The van der Waals surface area contributed by atoms with Crippen molar-refractivity contribution in [2.24, 2.45) is 0 Å². The minimum Gasteiger partial charge on any atom is -0.326 e. The molecule has 1 aliphatic heterocycles. The van der Waals surface area contributed by atoms with Gasteiger partial charge in [0.1, 0.15) is 0 Å². The van der Waals surface area contributed by atoms with Crippen molar-refractivity contribution in [3.05, 3.63) is 51.9 Å². The molecule has 2 heterocycles. The summed E-state index contributed by atoms with van der Waals surface area (Å²) in [7, 11) is 0. The summed E-state index contributed by atoms with van der Waals surface area (Å²) >= 11 is 0. The maximum absolute atomic E-state index is 11.7. The van der Waals surface area contributed by atoms with Gasteiger partial charge >= 0.3 is 0 Å². The predicted octanol–water partition coefficient (Wildman–Crippen LogP) is 3.45. The normalized spacial score (nSPS) is 15.4. The lowest BCUT2D eigenvalue weighted by atomic mass is 10.1. The Morgan fingerprint density at radius 3 is 2.62 bits per heavy atom. The van der Waals surface area contributed by atoms with Gasteiger partial charge in [-0.2, -0.15) is 0 Å². The number of hydrogen-bond acceptors (Lipinski definition) is 4. The number of piperidine rings is 1. The molecule has 2 N–H and O–H groups in total. The third kappa shape index (κ3) is 4.68. The maximum Gasteiger partial charge on any atom is 0.252 e. The molecule has 0 atom stereocenters. The topological polar surface area (TPSA) is 61.0 Å². The van der Waals surface area contributed by atoms with Crippen molar-refractivity contribution < 1.29 is 0 Å². The van der Waals surface area contributed by atoms with Gasteiger partial charge in [0.05, 0.1) is 0 Å². The number of benzene rings is 1. The van der Waals surface area contributed by atoms with Crippen LogP contribution in [0.4, 0.5) is 11.6 Å². The number of hydrogen-bond donors (Lipinski definition) is 2. The van der Waals surface area contributed by atoms with E-state index >= 15 is 0 Å². The Hall–Kier alpha value is -2.14. The molecule has 0 aliphatic carbocycles. The minimum atomic E-state index is -0.113. The third-order valence-corrected chi connectivity index (χ3v) is 4.37. The van der Waals surface area contributed by atoms with Crippen LogP contribution in [0.15, 0.2) is 35.1 Å². The Labute approximate surface area is 143 Å². The lowest BCUT2D eigenvalue weighted by Crippen LogP contribution is -2.29. The van der Waals surface area contributed by atoms with Crippen LogP contribution in [0.3, 0.4) is 0 Å². The lowest BCUT2D eigenvalue weighted by Gasteiger charge is -2.26. The van der Waals surface area contributed by atoms with Gasteiger partial charge in [-0.3, -0.25) is 14.7 Å². The lowest BCUT2D eigenvalue weighted by molar-refractivity contribution is 0.221. The fraction of sp³-hybridized carbons (Fsp3) is 0.474. The zero-order valence-corrected chi connectivity index (χ0v) is 14.3. The van der Waals surface area contributed by atoms with Crippen molar-refractivity contribution in [2.45, 2.75) is 45.6 Å². The molecule has 3 rings (SSSR count). The van der Waals surface area contributed by atoms with Crippen molar-refractivity contribution >= 4 is 11.6 Å². The second-order valence-corrected chi connectivity index (χ2v) is 6.49. The molecular weight excluding hydrogens is 300 g/mol. The van der Waals surface area contributed by atoms with Gasteiger partial charge in [-0.1, -0.05) is 31.9 Å². The number of H-pyrrole nitrogens is 1. The molecule has 5 nitrogen and oxygen atoms in total. The first-order valence-corrected chi connectivity index (χ1v) is 8.91. The molecule has 0 radical (unpaired) electrons. The van der Waals surface area contributed by atoms with Gasteiger partial charge in [0.25, 0.3) is 5.56 Å². The Morgan fingerprint density at radius 1 is 1.17 bits per heavy atom. The van der Waals surface area contributed by atoms with E-state index in [1.807, 2.05) is 12.1 Å². The first-order valence-electron chi connectivity index (χ1n) is 8.91. The van der Waals surface area contributed by atoms with Crippen molar-refractivity contribution in [3.63, 3.8) is 0 Å². The number of aromatic amines is 1. The van der Waals surface area contributed by atoms with Gasteiger partial charge in [-0.05, 0) is 50.0 Å². The Bertz CT molecular complexity index is 702. The van der Waals surface area contributed by atoms with Crippen LogP contribution in [0.1, 0.15) is 43.9 Å². The van der Waals surface area contributed by atoms with E-state index in [4.69, 9.17) is 0 Å². The molecule has 0 amide bonds. The fourth-order valence-corrected chi connectivity index (χ4v) is 3.16. The molecule has 1 aromatic heterocycles. The first kappa shape index (κ1) is 16.7. The molecule has 0 bridgehead atoms. The molecule has 1 aliphatic rings. The Morgan fingerprint density at radius 2 is 1.92 bits per heavy atom. The summed E-state index contributed by atoms with van der Waals surface area (Å²) in [5.74, 6) is 0.509. The van der Waals surface area contributed by atoms with Crippen molar-refractivity contribution in [3.8, 4) is 0 Å². The summed E-state index contributed by atoms with van der Waals surface area (Å²) in [6.45, 7) is 5.50.